The van der Waals surface area contributed by atoms with E-state index in [9.17, 15) is 9.18 Å². The molecule has 5 heteroatoms. The van der Waals surface area contributed by atoms with Crippen LogP contribution in [0.1, 0.15) is 17.9 Å². The van der Waals surface area contributed by atoms with Crippen molar-refractivity contribution < 1.29 is 13.9 Å². The summed E-state index contributed by atoms with van der Waals surface area (Å²) in [7, 11) is 0. The van der Waals surface area contributed by atoms with Gasteiger partial charge in [-0.2, -0.15) is 0 Å². The molecular formula is C10H9Cl2FO2. The summed E-state index contributed by atoms with van der Waals surface area (Å²) in [5.74, 6) is -1.07. The lowest BCUT2D eigenvalue weighted by Gasteiger charge is -2.10. The van der Waals surface area contributed by atoms with Crippen LogP contribution in [0.15, 0.2) is 18.2 Å². The first-order valence-electron chi connectivity index (χ1n) is 4.32. The Morgan fingerprint density at radius 2 is 2.27 bits per heavy atom. The van der Waals surface area contributed by atoms with E-state index in [1.165, 1.54) is 12.1 Å². The van der Waals surface area contributed by atoms with Crippen molar-refractivity contribution in [2.24, 2.45) is 0 Å². The van der Waals surface area contributed by atoms with E-state index in [0.29, 0.717) is 5.56 Å². The van der Waals surface area contributed by atoms with Crippen LogP contribution in [0.5, 0.6) is 0 Å². The first-order valence-corrected chi connectivity index (χ1v) is 5.13. The molecule has 0 aliphatic rings. The third-order valence-corrected chi connectivity index (χ3v) is 2.47. The molecule has 0 saturated carbocycles. The van der Waals surface area contributed by atoms with Crippen molar-refractivity contribution in [3.63, 3.8) is 0 Å². The molecule has 1 unspecified atom stereocenters. The predicted octanol–water partition coefficient (Wildman–Crippen LogP) is 3.32. The summed E-state index contributed by atoms with van der Waals surface area (Å²) in [5, 5.41) is -0.888. The molecule has 0 aromatic heterocycles. The Kier molecular flexibility index (Phi) is 4.36. The van der Waals surface area contributed by atoms with E-state index in [4.69, 9.17) is 27.9 Å². The molecule has 1 atom stereocenters. The van der Waals surface area contributed by atoms with Crippen LogP contribution < -0.4 is 0 Å². The van der Waals surface area contributed by atoms with Crippen molar-refractivity contribution in [2.45, 2.75) is 12.3 Å². The molecule has 1 rings (SSSR count). The minimum Gasteiger partial charge on any atom is -0.465 e. The second-order valence-electron chi connectivity index (χ2n) is 2.78. The predicted molar refractivity (Wildman–Crippen MR) is 56.6 cm³/mol. The summed E-state index contributed by atoms with van der Waals surface area (Å²) in [4.78, 5) is 11.3. The van der Waals surface area contributed by atoms with E-state index in [1.807, 2.05) is 0 Å². The monoisotopic (exact) mass is 250 g/mol. The highest BCUT2D eigenvalue weighted by Crippen LogP contribution is 2.29. The van der Waals surface area contributed by atoms with Crippen LogP contribution in [-0.2, 0) is 9.53 Å². The van der Waals surface area contributed by atoms with E-state index >= 15 is 0 Å². The van der Waals surface area contributed by atoms with Gasteiger partial charge in [-0.1, -0.05) is 17.7 Å². The number of rotatable bonds is 3. The van der Waals surface area contributed by atoms with Gasteiger partial charge in [0.05, 0.1) is 6.61 Å². The number of hydrogen-bond acceptors (Lipinski definition) is 2. The van der Waals surface area contributed by atoms with Gasteiger partial charge in [0.1, 0.15) is 5.82 Å². The number of halogens is 3. The van der Waals surface area contributed by atoms with Gasteiger partial charge in [-0.15, -0.1) is 11.6 Å². The topological polar surface area (TPSA) is 26.3 Å². The van der Waals surface area contributed by atoms with Crippen LogP contribution in [0.2, 0.25) is 5.02 Å². The van der Waals surface area contributed by atoms with Crippen LogP contribution in [0.4, 0.5) is 4.39 Å². The van der Waals surface area contributed by atoms with Gasteiger partial charge in [-0.3, -0.25) is 4.79 Å². The smallest absolute Gasteiger partial charge is 0.328 e. The Labute approximate surface area is 96.9 Å². The second-order valence-corrected chi connectivity index (χ2v) is 3.62. The van der Waals surface area contributed by atoms with E-state index < -0.39 is 17.2 Å². The van der Waals surface area contributed by atoms with Crippen molar-refractivity contribution in [1.29, 1.82) is 0 Å². The second kappa shape index (κ2) is 5.33. The molecule has 0 amide bonds. The van der Waals surface area contributed by atoms with Crippen molar-refractivity contribution in [2.75, 3.05) is 6.61 Å². The first-order chi connectivity index (χ1) is 7.06. The molecule has 0 spiro atoms. The van der Waals surface area contributed by atoms with Crippen LogP contribution in [0, 0.1) is 5.82 Å². The fourth-order valence-electron chi connectivity index (χ4n) is 1.05. The maximum absolute atomic E-state index is 12.7. The van der Waals surface area contributed by atoms with Crippen molar-refractivity contribution in [3.05, 3.63) is 34.6 Å². The quantitative estimate of drug-likeness (QED) is 0.608. The largest absolute Gasteiger partial charge is 0.465 e. The number of benzene rings is 1. The molecule has 0 fully saturated rings. The highest BCUT2D eigenvalue weighted by molar-refractivity contribution is 6.35. The Bertz CT molecular complexity index is 368. The summed E-state index contributed by atoms with van der Waals surface area (Å²) >= 11 is 11.5. The summed E-state index contributed by atoms with van der Waals surface area (Å²) < 4.78 is 17.4. The van der Waals surface area contributed by atoms with Crippen LogP contribution >= 0.6 is 23.2 Å². The Balaban J connectivity index is 2.91. The highest BCUT2D eigenvalue weighted by Gasteiger charge is 2.21. The van der Waals surface area contributed by atoms with E-state index in [-0.39, 0.29) is 11.6 Å². The summed E-state index contributed by atoms with van der Waals surface area (Å²) in [5.41, 5.74) is 0.346. The van der Waals surface area contributed by atoms with Crippen molar-refractivity contribution in [3.8, 4) is 0 Å². The SMILES string of the molecule is CCOC(=O)C(Cl)c1ccc(F)cc1Cl. The fraction of sp³-hybridized carbons (Fsp3) is 0.300. The fourth-order valence-corrected chi connectivity index (χ4v) is 1.63. The summed E-state index contributed by atoms with van der Waals surface area (Å²) in [6.45, 7) is 1.91. The van der Waals surface area contributed by atoms with Crippen molar-refractivity contribution in [1.82, 2.24) is 0 Å². The molecule has 0 aliphatic carbocycles. The molecule has 0 heterocycles. The summed E-state index contributed by atoms with van der Waals surface area (Å²) in [6, 6.07) is 3.66. The highest BCUT2D eigenvalue weighted by atomic mass is 35.5. The van der Waals surface area contributed by atoms with Gasteiger partial charge in [-0.25, -0.2) is 4.39 Å². The zero-order valence-electron chi connectivity index (χ0n) is 7.97. The van der Waals surface area contributed by atoms with Crippen LogP contribution in [0.3, 0.4) is 0 Å². The lowest BCUT2D eigenvalue weighted by Crippen LogP contribution is -2.11. The Hall–Kier alpha value is -0.800. The molecule has 0 radical (unpaired) electrons. The molecule has 1 aromatic carbocycles. The van der Waals surface area contributed by atoms with Crippen LogP contribution in [0.25, 0.3) is 0 Å². The van der Waals surface area contributed by atoms with Crippen molar-refractivity contribution >= 4 is 29.2 Å². The lowest BCUT2D eigenvalue weighted by atomic mass is 10.1. The van der Waals surface area contributed by atoms with Crippen LogP contribution in [-0.4, -0.2) is 12.6 Å². The first kappa shape index (κ1) is 12.3. The van der Waals surface area contributed by atoms with E-state index in [1.54, 1.807) is 6.92 Å². The molecule has 82 valence electrons. The third-order valence-electron chi connectivity index (χ3n) is 1.73. The van der Waals surface area contributed by atoms with Gasteiger partial charge in [0.25, 0.3) is 0 Å². The maximum atomic E-state index is 12.7. The van der Waals surface area contributed by atoms with Gasteiger partial charge in [0.15, 0.2) is 5.38 Å². The third kappa shape index (κ3) is 3.08. The normalized spacial score (nSPS) is 12.3. The zero-order valence-corrected chi connectivity index (χ0v) is 9.48. The number of ether oxygens (including phenoxy) is 1. The standard InChI is InChI=1S/C10H9Cl2FO2/c1-2-15-10(14)9(12)7-4-3-6(13)5-8(7)11/h3-5,9H,2H2,1H3. The molecule has 0 bridgehead atoms. The Morgan fingerprint density at radius 3 is 2.80 bits per heavy atom. The lowest BCUT2D eigenvalue weighted by molar-refractivity contribution is -0.142. The average molecular weight is 251 g/mol. The number of carbonyl (C=O) groups is 1. The number of carbonyl (C=O) groups excluding carboxylic acids is 1. The maximum Gasteiger partial charge on any atom is 0.328 e. The van der Waals surface area contributed by atoms with E-state index in [2.05, 4.69) is 0 Å². The van der Waals surface area contributed by atoms with Gasteiger partial charge in [0.2, 0.25) is 0 Å². The van der Waals surface area contributed by atoms with Gasteiger partial charge >= 0.3 is 5.97 Å². The molecule has 15 heavy (non-hydrogen) atoms. The van der Waals surface area contributed by atoms with Gasteiger partial charge < -0.3 is 4.74 Å². The minimum atomic E-state index is -1.00. The zero-order chi connectivity index (χ0) is 11.4. The molecule has 0 aliphatic heterocycles. The molecule has 0 saturated heterocycles. The average Bonchev–Trinajstić information content (AvgIpc) is 2.17. The van der Waals surface area contributed by atoms with Gasteiger partial charge in [-0.05, 0) is 24.6 Å². The number of esters is 1. The summed E-state index contributed by atoms with van der Waals surface area (Å²) in [6.07, 6.45) is 0. The molecule has 2 nitrogen and oxygen atoms in total. The number of hydrogen-bond donors (Lipinski definition) is 0. The molecular weight excluding hydrogens is 242 g/mol. The van der Waals surface area contributed by atoms with E-state index in [0.717, 1.165) is 6.07 Å². The number of alkyl halides is 1. The Morgan fingerprint density at radius 1 is 1.60 bits per heavy atom. The molecule has 0 N–H and O–H groups in total. The minimum absolute atomic E-state index is 0.114. The molecule has 1 aromatic rings. The van der Waals surface area contributed by atoms with Gasteiger partial charge in [0, 0.05) is 5.02 Å².